The molecule has 0 aliphatic carbocycles. The van der Waals surface area contributed by atoms with Crippen molar-refractivity contribution in [3.05, 3.63) is 0 Å². The summed E-state index contributed by atoms with van der Waals surface area (Å²) in [6.45, 7) is 0.741. The maximum Gasteiger partial charge on any atom is 0.389 e. The second-order valence-corrected chi connectivity index (χ2v) is 4.19. The number of nitriles is 1. The van der Waals surface area contributed by atoms with Gasteiger partial charge in [-0.2, -0.15) is 18.4 Å². The normalized spacial score (nSPS) is 23.0. The minimum atomic E-state index is -4.15. The maximum atomic E-state index is 12.0. The van der Waals surface area contributed by atoms with Gasteiger partial charge in [0.1, 0.15) is 0 Å². The van der Waals surface area contributed by atoms with Gasteiger partial charge < -0.3 is 4.74 Å². The molecule has 1 aliphatic heterocycles. The first-order chi connectivity index (χ1) is 7.51. The summed E-state index contributed by atoms with van der Waals surface area (Å²) in [6.07, 6.45) is -1.75. The Labute approximate surface area is 93.4 Å². The van der Waals surface area contributed by atoms with E-state index in [4.69, 9.17) is 10.00 Å². The van der Waals surface area contributed by atoms with E-state index in [1.54, 1.807) is 0 Å². The van der Waals surface area contributed by atoms with E-state index >= 15 is 0 Å². The van der Waals surface area contributed by atoms with Crippen LogP contribution in [0.3, 0.4) is 0 Å². The second-order valence-electron chi connectivity index (χ2n) is 4.19. The quantitative estimate of drug-likeness (QED) is 0.731. The van der Waals surface area contributed by atoms with E-state index in [-0.39, 0.29) is 12.5 Å². The van der Waals surface area contributed by atoms with Crippen LogP contribution in [0.4, 0.5) is 13.2 Å². The van der Waals surface area contributed by atoms with Crippen molar-refractivity contribution in [3.63, 3.8) is 0 Å². The van der Waals surface area contributed by atoms with Gasteiger partial charge in [0.25, 0.3) is 0 Å². The fourth-order valence-electron chi connectivity index (χ4n) is 1.87. The third-order valence-corrected chi connectivity index (χ3v) is 2.82. The van der Waals surface area contributed by atoms with Gasteiger partial charge >= 0.3 is 6.18 Å². The first-order valence-electron chi connectivity index (χ1n) is 5.59. The van der Waals surface area contributed by atoms with Crippen LogP contribution < -0.4 is 0 Å². The Bertz CT molecular complexity index is 241. The van der Waals surface area contributed by atoms with Crippen molar-refractivity contribution in [2.24, 2.45) is 5.92 Å². The molecule has 0 aromatic carbocycles. The third kappa shape index (κ3) is 5.36. The summed E-state index contributed by atoms with van der Waals surface area (Å²) in [5.41, 5.74) is 0. The van der Waals surface area contributed by atoms with E-state index in [0.29, 0.717) is 12.8 Å². The molecule has 0 spiro atoms. The molecule has 5 heteroatoms. The van der Waals surface area contributed by atoms with E-state index in [1.165, 1.54) is 0 Å². The van der Waals surface area contributed by atoms with Crippen LogP contribution in [0.1, 0.15) is 38.5 Å². The lowest BCUT2D eigenvalue weighted by molar-refractivity contribution is -0.136. The van der Waals surface area contributed by atoms with E-state index in [0.717, 1.165) is 19.4 Å². The summed E-state index contributed by atoms with van der Waals surface area (Å²) >= 11 is 0. The van der Waals surface area contributed by atoms with Gasteiger partial charge in [-0.05, 0) is 32.1 Å². The van der Waals surface area contributed by atoms with Crippen LogP contribution in [0.15, 0.2) is 0 Å². The van der Waals surface area contributed by atoms with Crippen molar-refractivity contribution in [1.82, 2.24) is 0 Å². The van der Waals surface area contributed by atoms with Crippen LogP contribution in [-0.4, -0.2) is 18.9 Å². The summed E-state index contributed by atoms with van der Waals surface area (Å²) < 4.78 is 41.2. The Morgan fingerprint density at radius 1 is 1.38 bits per heavy atom. The van der Waals surface area contributed by atoms with Gasteiger partial charge in [0, 0.05) is 18.9 Å². The van der Waals surface area contributed by atoms with Crippen LogP contribution in [0.5, 0.6) is 0 Å². The van der Waals surface area contributed by atoms with E-state index in [2.05, 4.69) is 0 Å². The Morgan fingerprint density at radius 3 is 2.62 bits per heavy atom. The Balaban J connectivity index is 2.19. The highest BCUT2D eigenvalue weighted by Gasteiger charge is 2.28. The highest BCUT2D eigenvalue weighted by Crippen LogP contribution is 2.27. The number of rotatable bonds is 5. The lowest BCUT2D eigenvalue weighted by Crippen LogP contribution is -2.12. The Kier molecular flexibility index (Phi) is 5.07. The summed E-state index contributed by atoms with van der Waals surface area (Å²) in [5.74, 6) is -0.495. The minimum Gasteiger partial charge on any atom is -0.378 e. The Hall–Kier alpha value is -0.760. The zero-order valence-corrected chi connectivity index (χ0v) is 9.09. The molecule has 2 nitrogen and oxygen atoms in total. The molecule has 2 atom stereocenters. The number of halogens is 3. The molecule has 0 amide bonds. The molecule has 16 heavy (non-hydrogen) atoms. The highest BCUT2D eigenvalue weighted by molar-refractivity contribution is 4.84. The molecule has 1 heterocycles. The Morgan fingerprint density at radius 2 is 2.12 bits per heavy atom. The largest absolute Gasteiger partial charge is 0.389 e. The molecule has 0 N–H and O–H groups in total. The molecule has 0 aromatic rings. The van der Waals surface area contributed by atoms with E-state index < -0.39 is 18.5 Å². The predicted molar refractivity (Wildman–Crippen MR) is 52.6 cm³/mol. The third-order valence-electron chi connectivity index (χ3n) is 2.82. The molecular weight excluding hydrogens is 219 g/mol. The van der Waals surface area contributed by atoms with Gasteiger partial charge in [-0.25, -0.2) is 0 Å². The summed E-state index contributed by atoms with van der Waals surface area (Å²) in [5, 5.41) is 8.74. The number of hydrogen-bond donors (Lipinski definition) is 0. The summed E-state index contributed by atoms with van der Waals surface area (Å²) in [7, 11) is 0. The van der Waals surface area contributed by atoms with Crippen LogP contribution in [-0.2, 0) is 4.74 Å². The van der Waals surface area contributed by atoms with Gasteiger partial charge in [-0.3, -0.25) is 0 Å². The van der Waals surface area contributed by atoms with Crippen molar-refractivity contribution in [2.75, 3.05) is 6.61 Å². The second kappa shape index (κ2) is 6.09. The van der Waals surface area contributed by atoms with Crippen molar-refractivity contribution in [2.45, 2.75) is 50.8 Å². The SMILES string of the molecule is N#CC(CCC1CCCO1)CCC(F)(F)F. The summed E-state index contributed by atoms with van der Waals surface area (Å²) in [4.78, 5) is 0. The lowest BCUT2D eigenvalue weighted by atomic mass is 9.96. The molecule has 92 valence electrons. The fourth-order valence-corrected chi connectivity index (χ4v) is 1.87. The van der Waals surface area contributed by atoms with Gasteiger partial charge in [0.15, 0.2) is 0 Å². The van der Waals surface area contributed by atoms with Gasteiger partial charge in [0.2, 0.25) is 0 Å². The van der Waals surface area contributed by atoms with Gasteiger partial charge in [-0.1, -0.05) is 0 Å². The first kappa shape index (κ1) is 13.3. The average molecular weight is 235 g/mol. The van der Waals surface area contributed by atoms with Crippen LogP contribution >= 0.6 is 0 Å². The molecule has 0 aromatic heterocycles. The van der Waals surface area contributed by atoms with Crippen molar-refractivity contribution < 1.29 is 17.9 Å². The zero-order valence-electron chi connectivity index (χ0n) is 9.09. The summed E-state index contributed by atoms with van der Waals surface area (Å²) in [6, 6.07) is 1.94. The van der Waals surface area contributed by atoms with Gasteiger partial charge in [-0.15, -0.1) is 0 Å². The van der Waals surface area contributed by atoms with Crippen molar-refractivity contribution in [1.29, 1.82) is 5.26 Å². The molecule has 1 saturated heterocycles. The van der Waals surface area contributed by atoms with Crippen LogP contribution in [0, 0.1) is 17.2 Å². The van der Waals surface area contributed by atoms with Crippen LogP contribution in [0.25, 0.3) is 0 Å². The predicted octanol–water partition coefficient (Wildman–Crippen LogP) is 3.43. The fraction of sp³-hybridized carbons (Fsp3) is 0.909. The number of ether oxygens (including phenoxy) is 1. The van der Waals surface area contributed by atoms with E-state index in [9.17, 15) is 13.2 Å². The molecule has 0 saturated carbocycles. The molecular formula is C11H16F3NO. The topological polar surface area (TPSA) is 33.0 Å². The monoisotopic (exact) mass is 235 g/mol. The lowest BCUT2D eigenvalue weighted by Gasteiger charge is -2.13. The average Bonchev–Trinajstić information content (AvgIpc) is 2.69. The highest BCUT2D eigenvalue weighted by atomic mass is 19.4. The molecule has 1 aliphatic rings. The number of hydrogen-bond acceptors (Lipinski definition) is 2. The molecule has 0 bridgehead atoms. The van der Waals surface area contributed by atoms with Crippen molar-refractivity contribution in [3.8, 4) is 6.07 Å². The molecule has 1 rings (SSSR count). The number of nitrogens with zero attached hydrogens (tertiary/aromatic N) is 1. The molecule has 0 radical (unpaired) electrons. The van der Waals surface area contributed by atoms with Crippen molar-refractivity contribution >= 4 is 0 Å². The standard InChI is InChI=1S/C11H16F3NO/c12-11(13,14)6-5-9(8-15)3-4-10-2-1-7-16-10/h9-10H,1-7H2. The van der Waals surface area contributed by atoms with Crippen LogP contribution in [0.2, 0.25) is 0 Å². The minimum absolute atomic E-state index is 0.0906. The first-order valence-corrected chi connectivity index (χ1v) is 5.59. The van der Waals surface area contributed by atoms with Gasteiger partial charge in [0.05, 0.1) is 12.2 Å². The number of alkyl halides is 3. The maximum absolute atomic E-state index is 12.0. The van der Waals surface area contributed by atoms with E-state index in [1.807, 2.05) is 6.07 Å². The molecule has 1 fully saturated rings. The smallest absolute Gasteiger partial charge is 0.378 e. The molecule has 2 unspecified atom stereocenters. The zero-order chi connectivity index (χ0) is 12.0.